The molecule has 0 aromatic heterocycles. The number of carbonyl (C=O) groups is 1. The molecule has 1 aliphatic heterocycles. The topological polar surface area (TPSA) is 58.4 Å². The highest BCUT2D eigenvalue weighted by molar-refractivity contribution is 6.04. The van der Waals surface area contributed by atoms with Crippen molar-refractivity contribution in [3.63, 3.8) is 0 Å². The average Bonchev–Trinajstić information content (AvgIpc) is 2.91. The van der Waals surface area contributed by atoms with Crippen LogP contribution in [-0.4, -0.2) is 17.4 Å². The number of rotatable bonds is 3. The van der Waals surface area contributed by atoms with Crippen molar-refractivity contribution in [3.05, 3.63) is 59.2 Å². The molecule has 3 rings (SSSR count). The Labute approximate surface area is 124 Å². The molecule has 0 fully saturated rings. The van der Waals surface area contributed by atoms with Crippen molar-refractivity contribution in [2.45, 2.75) is 20.0 Å². The maximum atomic E-state index is 12.3. The number of fused-ring (bicyclic) bond motifs is 1. The van der Waals surface area contributed by atoms with E-state index in [0.29, 0.717) is 11.3 Å². The maximum absolute atomic E-state index is 12.3. The fourth-order valence-electron chi connectivity index (χ4n) is 2.60. The summed E-state index contributed by atoms with van der Waals surface area (Å²) in [5.41, 5.74) is 10.3. The second kappa shape index (κ2) is 5.58. The molecule has 108 valence electrons. The van der Waals surface area contributed by atoms with Gasteiger partial charge in [-0.3, -0.25) is 9.69 Å². The third-order valence-corrected chi connectivity index (χ3v) is 3.87. The van der Waals surface area contributed by atoms with Crippen LogP contribution in [-0.2, 0) is 13.1 Å². The van der Waals surface area contributed by atoms with Crippen molar-refractivity contribution < 1.29 is 4.79 Å². The lowest BCUT2D eigenvalue weighted by Crippen LogP contribution is -2.14. The number of nitrogens with one attached hydrogen (secondary N) is 1. The Morgan fingerprint density at radius 1 is 1.14 bits per heavy atom. The first-order chi connectivity index (χ1) is 10.2. The predicted molar refractivity (Wildman–Crippen MR) is 85.0 cm³/mol. The van der Waals surface area contributed by atoms with Crippen molar-refractivity contribution in [1.82, 2.24) is 4.90 Å². The van der Waals surface area contributed by atoms with Gasteiger partial charge in [-0.1, -0.05) is 13.0 Å². The number of benzene rings is 2. The van der Waals surface area contributed by atoms with Gasteiger partial charge >= 0.3 is 0 Å². The highest BCUT2D eigenvalue weighted by Gasteiger charge is 2.18. The Balaban J connectivity index is 1.75. The zero-order chi connectivity index (χ0) is 14.8. The summed E-state index contributed by atoms with van der Waals surface area (Å²) >= 11 is 0. The first kappa shape index (κ1) is 13.6. The van der Waals surface area contributed by atoms with Crippen LogP contribution in [0.4, 0.5) is 11.4 Å². The highest BCUT2D eigenvalue weighted by Crippen LogP contribution is 2.24. The van der Waals surface area contributed by atoms with Gasteiger partial charge in [0, 0.05) is 30.0 Å². The van der Waals surface area contributed by atoms with Crippen molar-refractivity contribution >= 4 is 17.3 Å². The number of hydrogen-bond donors (Lipinski definition) is 2. The molecule has 0 saturated heterocycles. The highest BCUT2D eigenvalue weighted by atomic mass is 16.1. The Bertz CT molecular complexity index is 664. The summed E-state index contributed by atoms with van der Waals surface area (Å²) in [5.74, 6) is -0.0856. The van der Waals surface area contributed by atoms with Crippen molar-refractivity contribution in [1.29, 1.82) is 0 Å². The number of amides is 1. The van der Waals surface area contributed by atoms with Gasteiger partial charge in [0.15, 0.2) is 0 Å². The van der Waals surface area contributed by atoms with Gasteiger partial charge in [0.05, 0.1) is 0 Å². The molecule has 2 aromatic carbocycles. The Hall–Kier alpha value is -2.33. The van der Waals surface area contributed by atoms with Crippen LogP contribution >= 0.6 is 0 Å². The summed E-state index contributed by atoms with van der Waals surface area (Å²) < 4.78 is 0. The van der Waals surface area contributed by atoms with E-state index in [4.69, 9.17) is 5.73 Å². The van der Waals surface area contributed by atoms with Crippen LogP contribution in [0.5, 0.6) is 0 Å². The van der Waals surface area contributed by atoms with Crippen LogP contribution in [0, 0.1) is 0 Å². The van der Waals surface area contributed by atoms with Gasteiger partial charge < -0.3 is 11.1 Å². The summed E-state index contributed by atoms with van der Waals surface area (Å²) in [5, 5.41) is 2.89. The quantitative estimate of drug-likeness (QED) is 0.851. The lowest BCUT2D eigenvalue weighted by atomic mass is 10.1. The smallest absolute Gasteiger partial charge is 0.255 e. The number of carbonyl (C=O) groups excluding carboxylic acids is 1. The zero-order valence-corrected chi connectivity index (χ0v) is 12.1. The van der Waals surface area contributed by atoms with Crippen molar-refractivity contribution in [2.24, 2.45) is 0 Å². The second-order valence-electron chi connectivity index (χ2n) is 5.36. The zero-order valence-electron chi connectivity index (χ0n) is 12.1. The molecule has 0 saturated carbocycles. The summed E-state index contributed by atoms with van der Waals surface area (Å²) in [6.45, 7) is 5.09. The molecule has 1 amide bonds. The summed E-state index contributed by atoms with van der Waals surface area (Å²) in [6.07, 6.45) is 0. The molecule has 4 heteroatoms. The van der Waals surface area contributed by atoms with Crippen molar-refractivity contribution in [3.8, 4) is 0 Å². The standard InChI is InChI=1S/C17H19N3O/c1-2-20-10-13-4-3-12(9-14(13)11-20)17(21)19-16-7-5-15(18)6-8-16/h3-9H,2,10-11,18H2,1H3,(H,19,21). The Morgan fingerprint density at radius 2 is 1.86 bits per heavy atom. The molecule has 0 atom stereocenters. The van der Waals surface area contributed by atoms with Gasteiger partial charge in [0.25, 0.3) is 5.91 Å². The largest absolute Gasteiger partial charge is 0.399 e. The van der Waals surface area contributed by atoms with Crippen LogP contribution < -0.4 is 11.1 Å². The molecule has 1 aliphatic rings. The molecule has 0 radical (unpaired) electrons. The normalized spacial score (nSPS) is 14.0. The molecule has 0 bridgehead atoms. The predicted octanol–water partition coefficient (Wildman–Crippen LogP) is 2.86. The van der Waals surface area contributed by atoms with E-state index in [0.717, 1.165) is 25.3 Å². The Morgan fingerprint density at radius 3 is 2.57 bits per heavy atom. The lowest BCUT2D eigenvalue weighted by Gasteiger charge is -2.09. The molecule has 4 nitrogen and oxygen atoms in total. The van der Waals surface area contributed by atoms with Crippen LogP contribution in [0.15, 0.2) is 42.5 Å². The molecule has 3 N–H and O–H groups in total. The summed E-state index contributed by atoms with van der Waals surface area (Å²) in [7, 11) is 0. The molecular weight excluding hydrogens is 262 g/mol. The van der Waals surface area contributed by atoms with E-state index in [1.807, 2.05) is 12.1 Å². The average molecular weight is 281 g/mol. The van der Waals surface area contributed by atoms with Crippen LogP contribution in [0.1, 0.15) is 28.4 Å². The van der Waals surface area contributed by atoms with Gasteiger partial charge in [-0.05, 0) is 54.1 Å². The molecule has 0 aliphatic carbocycles. The molecule has 21 heavy (non-hydrogen) atoms. The minimum absolute atomic E-state index is 0.0856. The van der Waals surface area contributed by atoms with E-state index >= 15 is 0 Å². The van der Waals surface area contributed by atoms with Gasteiger partial charge in [0.1, 0.15) is 0 Å². The van der Waals surface area contributed by atoms with E-state index in [1.54, 1.807) is 24.3 Å². The van der Waals surface area contributed by atoms with E-state index in [1.165, 1.54) is 11.1 Å². The van der Waals surface area contributed by atoms with E-state index in [9.17, 15) is 4.79 Å². The van der Waals surface area contributed by atoms with Gasteiger partial charge in [-0.2, -0.15) is 0 Å². The van der Waals surface area contributed by atoms with Gasteiger partial charge in [-0.25, -0.2) is 0 Å². The first-order valence-electron chi connectivity index (χ1n) is 7.17. The minimum atomic E-state index is -0.0856. The molecular formula is C17H19N3O. The van der Waals surface area contributed by atoms with E-state index < -0.39 is 0 Å². The van der Waals surface area contributed by atoms with Crippen LogP contribution in [0.3, 0.4) is 0 Å². The van der Waals surface area contributed by atoms with E-state index in [2.05, 4.69) is 23.2 Å². The summed E-state index contributed by atoms with van der Waals surface area (Å²) in [6, 6.07) is 13.1. The Kier molecular flexibility index (Phi) is 3.62. The molecule has 1 heterocycles. The lowest BCUT2D eigenvalue weighted by molar-refractivity contribution is 0.102. The molecule has 0 unspecified atom stereocenters. The van der Waals surface area contributed by atoms with Gasteiger partial charge in [-0.15, -0.1) is 0 Å². The maximum Gasteiger partial charge on any atom is 0.255 e. The van der Waals surface area contributed by atoms with Crippen LogP contribution in [0.2, 0.25) is 0 Å². The SMILES string of the molecule is CCN1Cc2ccc(C(=O)Nc3ccc(N)cc3)cc2C1. The third-order valence-electron chi connectivity index (χ3n) is 3.87. The monoisotopic (exact) mass is 281 g/mol. The fourth-order valence-corrected chi connectivity index (χ4v) is 2.60. The third kappa shape index (κ3) is 2.90. The van der Waals surface area contributed by atoms with Crippen LogP contribution in [0.25, 0.3) is 0 Å². The molecule has 2 aromatic rings. The molecule has 0 spiro atoms. The fraction of sp³-hybridized carbons (Fsp3) is 0.235. The number of nitrogens with two attached hydrogens (primary N) is 1. The second-order valence-corrected chi connectivity index (χ2v) is 5.36. The minimum Gasteiger partial charge on any atom is -0.399 e. The number of anilines is 2. The van der Waals surface area contributed by atoms with Crippen molar-refractivity contribution in [2.75, 3.05) is 17.6 Å². The first-order valence-corrected chi connectivity index (χ1v) is 7.17. The van der Waals surface area contributed by atoms with Gasteiger partial charge in [0.2, 0.25) is 0 Å². The number of nitrogen functional groups attached to an aromatic ring is 1. The van der Waals surface area contributed by atoms with E-state index in [-0.39, 0.29) is 5.91 Å². The summed E-state index contributed by atoms with van der Waals surface area (Å²) in [4.78, 5) is 14.6. The number of nitrogens with zero attached hydrogens (tertiary/aromatic N) is 1. The number of hydrogen-bond acceptors (Lipinski definition) is 3.